The summed E-state index contributed by atoms with van der Waals surface area (Å²) < 4.78 is 13.3. The van der Waals surface area contributed by atoms with Gasteiger partial charge in [-0.15, -0.1) is 0 Å². The Labute approximate surface area is 104 Å². The Hall–Kier alpha value is -1.97. The molecule has 1 N–H and O–H groups in total. The van der Waals surface area contributed by atoms with Gasteiger partial charge < -0.3 is 5.11 Å². The van der Waals surface area contributed by atoms with Crippen molar-refractivity contribution in [3.8, 4) is 16.9 Å². The number of hydrogen-bond donors (Lipinski definition) is 1. The van der Waals surface area contributed by atoms with Gasteiger partial charge in [0.1, 0.15) is 17.4 Å². The first-order chi connectivity index (χ1) is 8.65. The van der Waals surface area contributed by atoms with Crippen LogP contribution in [0.1, 0.15) is 30.3 Å². The van der Waals surface area contributed by atoms with Crippen molar-refractivity contribution in [2.45, 2.75) is 25.7 Å². The molecular formula is C14H13FN2O. The number of halogens is 1. The number of rotatable bonds is 2. The van der Waals surface area contributed by atoms with Crippen LogP contribution in [0.5, 0.6) is 5.75 Å². The van der Waals surface area contributed by atoms with Crippen LogP contribution in [-0.4, -0.2) is 15.1 Å². The third-order valence-corrected chi connectivity index (χ3v) is 3.15. The second kappa shape index (κ2) is 4.05. The molecule has 1 fully saturated rings. The molecule has 18 heavy (non-hydrogen) atoms. The molecule has 0 amide bonds. The minimum absolute atomic E-state index is 0.0609. The summed E-state index contributed by atoms with van der Waals surface area (Å²) in [7, 11) is 0. The molecule has 1 aliphatic carbocycles. The molecule has 3 nitrogen and oxygen atoms in total. The van der Waals surface area contributed by atoms with E-state index in [4.69, 9.17) is 0 Å². The maximum atomic E-state index is 13.3. The van der Waals surface area contributed by atoms with Gasteiger partial charge in [0.2, 0.25) is 0 Å². The van der Waals surface area contributed by atoms with Gasteiger partial charge in [-0.2, -0.15) is 0 Å². The largest absolute Gasteiger partial charge is 0.507 e. The van der Waals surface area contributed by atoms with Gasteiger partial charge >= 0.3 is 0 Å². The maximum Gasteiger partial charge on any atom is 0.125 e. The van der Waals surface area contributed by atoms with E-state index in [2.05, 4.69) is 9.97 Å². The number of benzene rings is 1. The van der Waals surface area contributed by atoms with E-state index in [-0.39, 0.29) is 11.6 Å². The van der Waals surface area contributed by atoms with Crippen LogP contribution in [-0.2, 0) is 0 Å². The van der Waals surface area contributed by atoms with Gasteiger partial charge in [-0.25, -0.2) is 14.4 Å². The predicted molar refractivity (Wildman–Crippen MR) is 65.8 cm³/mol. The zero-order chi connectivity index (χ0) is 12.7. The lowest BCUT2D eigenvalue weighted by atomic mass is 10.0. The van der Waals surface area contributed by atoms with Gasteiger partial charge in [0, 0.05) is 23.2 Å². The Morgan fingerprint density at radius 2 is 2.06 bits per heavy atom. The summed E-state index contributed by atoms with van der Waals surface area (Å²) in [4.78, 5) is 8.59. The normalized spacial score (nSPS) is 14.8. The molecule has 2 aromatic rings. The number of phenolic OH excluding ortho intramolecular Hbond substituents is 1. The lowest BCUT2D eigenvalue weighted by molar-refractivity contribution is 0.475. The van der Waals surface area contributed by atoms with Gasteiger partial charge in [-0.1, -0.05) is 0 Å². The fourth-order valence-corrected chi connectivity index (χ4v) is 2.09. The highest BCUT2D eigenvalue weighted by molar-refractivity contribution is 5.72. The van der Waals surface area contributed by atoms with Crippen molar-refractivity contribution in [2.75, 3.05) is 0 Å². The van der Waals surface area contributed by atoms with Crippen molar-refractivity contribution in [3.63, 3.8) is 0 Å². The van der Waals surface area contributed by atoms with E-state index < -0.39 is 0 Å². The monoisotopic (exact) mass is 244 g/mol. The molecule has 92 valence electrons. The summed E-state index contributed by atoms with van der Waals surface area (Å²) in [6, 6.07) is 3.93. The fraction of sp³-hybridized carbons (Fsp3) is 0.286. The molecule has 0 bridgehead atoms. The summed E-state index contributed by atoms with van der Waals surface area (Å²) in [5.41, 5.74) is 2.13. The van der Waals surface area contributed by atoms with Crippen LogP contribution in [0.4, 0.5) is 4.39 Å². The summed E-state index contributed by atoms with van der Waals surface area (Å²) in [6.45, 7) is 1.83. The highest BCUT2D eigenvalue weighted by Crippen LogP contribution is 2.44. The van der Waals surface area contributed by atoms with Crippen molar-refractivity contribution in [3.05, 3.63) is 41.7 Å². The lowest BCUT2D eigenvalue weighted by Crippen LogP contribution is -1.98. The fourth-order valence-electron chi connectivity index (χ4n) is 2.09. The quantitative estimate of drug-likeness (QED) is 0.882. The van der Waals surface area contributed by atoms with E-state index in [9.17, 15) is 9.50 Å². The van der Waals surface area contributed by atoms with E-state index in [0.29, 0.717) is 17.3 Å². The molecule has 0 atom stereocenters. The first-order valence-electron chi connectivity index (χ1n) is 5.97. The van der Waals surface area contributed by atoms with Crippen LogP contribution in [0.2, 0.25) is 0 Å². The van der Waals surface area contributed by atoms with Crippen molar-refractivity contribution in [1.29, 1.82) is 0 Å². The number of nitrogens with zero attached hydrogens (tertiary/aromatic N) is 2. The lowest BCUT2D eigenvalue weighted by Gasteiger charge is -2.10. The number of aromatic nitrogens is 2. The number of aromatic hydroxyl groups is 1. The van der Waals surface area contributed by atoms with Gasteiger partial charge in [0.15, 0.2) is 0 Å². The molecule has 0 unspecified atom stereocenters. The molecule has 1 aromatic carbocycles. The standard InChI is InChI=1S/C14H13FN2O/c1-8-16-7-12(14(17-8)9-2-3-9)11-6-10(15)4-5-13(11)18/h4-7,9,18H,2-3H2,1H3. The predicted octanol–water partition coefficient (Wildman–Crippen LogP) is 3.17. The Kier molecular flexibility index (Phi) is 2.51. The summed E-state index contributed by atoms with van der Waals surface area (Å²) in [5, 5.41) is 9.86. The van der Waals surface area contributed by atoms with Crippen molar-refractivity contribution in [2.24, 2.45) is 0 Å². The van der Waals surface area contributed by atoms with E-state index in [1.807, 2.05) is 6.92 Å². The van der Waals surface area contributed by atoms with Crippen LogP contribution in [0, 0.1) is 12.7 Å². The van der Waals surface area contributed by atoms with Crippen LogP contribution < -0.4 is 0 Å². The first kappa shape index (κ1) is 11.1. The smallest absolute Gasteiger partial charge is 0.125 e. The Morgan fingerprint density at radius 3 is 2.78 bits per heavy atom. The molecule has 0 saturated heterocycles. The van der Waals surface area contributed by atoms with Gasteiger partial charge in [-0.3, -0.25) is 0 Å². The number of hydrogen-bond acceptors (Lipinski definition) is 3. The SMILES string of the molecule is Cc1ncc(-c2cc(F)ccc2O)c(C2CC2)n1. The van der Waals surface area contributed by atoms with Gasteiger partial charge in [0.05, 0.1) is 5.69 Å². The Bertz CT molecular complexity index is 609. The van der Waals surface area contributed by atoms with E-state index in [1.165, 1.54) is 18.2 Å². The number of phenols is 1. The molecule has 4 heteroatoms. The molecule has 0 radical (unpaired) electrons. The van der Waals surface area contributed by atoms with Crippen LogP contribution in [0.3, 0.4) is 0 Å². The third kappa shape index (κ3) is 1.94. The molecule has 0 aliphatic heterocycles. The van der Waals surface area contributed by atoms with E-state index in [1.54, 1.807) is 6.20 Å². The zero-order valence-electron chi connectivity index (χ0n) is 10.0. The Balaban J connectivity index is 2.18. The molecule has 0 spiro atoms. The van der Waals surface area contributed by atoms with Crippen molar-refractivity contribution >= 4 is 0 Å². The summed E-state index contributed by atoms with van der Waals surface area (Å²) >= 11 is 0. The molecule has 1 aliphatic rings. The molecule has 1 saturated carbocycles. The van der Waals surface area contributed by atoms with Crippen molar-refractivity contribution in [1.82, 2.24) is 9.97 Å². The number of aryl methyl sites for hydroxylation is 1. The maximum absolute atomic E-state index is 13.3. The first-order valence-corrected chi connectivity index (χ1v) is 5.97. The summed E-state index contributed by atoms with van der Waals surface area (Å²) in [5.74, 6) is 0.816. The highest BCUT2D eigenvalue weighted by Gasteiger charge is 2.29. The topological polar surface area (TPSA) is 46.0 Å². The van der Waals surface area contributed by atoms with Crippen molar-refractivity contribution < 1.29 is 9.50 Å². The van der Waals surface area contributed by atoms with E-state index >= 15 is 0 Å². The Morgan fingerprint density at radius 1 is 1.28 bits per heavy atom. The van der Waals surface area contributed by atoms with Crippen LogP contribution in [0.15, 0.2) is 24.4 Å². The average Bonchev–Trinajstić information content (AvgIpc) is 3.16. The second-order valence-corrected chi connectivity index (χ2v) is 4.65. The minimum Gasteiger partial charge on any atom is -0.507 e. The van der Waals surface area contributed by atoms with Gasteiger partial charge in [0.25, 0.3) is 0 Å². The minimum atomic E-state index is -0.370. The molecule has 3 rings (SSSR count). The second-order valence-electron chi connectivity index (χ2n) is 4.65. The molecule has 1 aromatic heterocycles. The van der Waals surface area contributed by atoms with Crippen LogP contribution in [0.25, 0.3) is 11.1 Å². The zero-order valence-corrected chi connectivity index (χ0v) is 10.0. The summed E-state index contributed by atoms with van der Waals surface area (Å²) in [6.07, 6.45) is 3.86. The highest BCUT2D eigenvalue weighted by atomic mass is 19.1. The van der Waals surface area contributed by atoms with Crippen LogP contribution >= 0.6 is 0 Å². The molecule has 1 heterocycles. The van der Waals surface area contributed by atoms with Gasteiger partial charge in [-0.05, 0) is 38.0 Å². The average molecular weight is 244 g/mol. The van der Waals surface area contributed by atoms with E-state index in [0.717, 1.165) is 24.1 Å². The third-order valence-electron chi connectivity index (χ3n) is 3.15. The molecular weight excluding hydrogens is 231 g/mol.